The van der Waals surface area contributed by atoms with E-state index in [1.54, 1.807) is 29.2 Å². The number of hydrogen-bond acceptors (Lipinski definition) is 6. The summed E-state index contributed by atoms with van der Waals surface area (Å²) in [4.78, 5) is 19.6. The fraction of sp³-hybridized carbons (Fsp3) is 0.360. The summed E-state index contributed by atoms with van der Waals surface area (Å²) in [6.45, 7) is 0.272. The van der Waals surface area contributed by atoms with E-state index in [2.05, 4.69) is 20.4 Å². The Morgan fingerprint density at radius 2 is 2.16 bits per heavy atom. The fourth-order valence-electron chi connectivity index (χ4n) is 4.45. The van der Waals surface area contributed by atoms with Crippen molar-refractivity contribution in [3.05, 3.63) is 58.1 Å². The first-order valence-electron chi connectivity index (χ1n) is 11.9. The van der Waals surface area contributed by atoms with Crippen molar-refractivity contribution in [1.82, 2.24) is 20.5 Å². The molecule has 2 aromatic carbocycles. The highest BCUT2D eigenvalue weighted by atomic mass is 35.5. The van der Waals surface area contributed by atoms with Crippen molar-refractivity contribution in [2.45, 2.75) is 38.5 Å². The molecule has 200 valence electrons. The van der Waals surface area contributed by atoms with Crippen LogP contribution in [0.4, 0.5) is 14.5 Å². The van der Waals surface area contributed by atoms with E-state index in [0.29, 0.717) is 27.9 Å². The first-order chi connectivity index (χ1) is 18.3. The molecule has 2 aliphatic rings. The number of hydrogen-bond donors (Lipinski definition) is 2. The molecule has 0 aliphatic carbocycles. The molecule has 0 saturated carbocycles. The van der Waals surface area contributed by atoms with E-state index in [-0.39, 0.29) is 35.9 Å². The number of halogens is 4. The monoisotopic (exact) mass is 563 g/mol. The van der Waals surface area contributed by atoms with Gasteiger partial charge in [-0.1, -0.05) is 35.3 Å². The minimum atomic E-state index is -2.99. The van der Waals surface area contributed by atoms with Gasteiger partial charge in [0.05, 0.1) is 40.1 Å². The SMILES string of the molecule is CCN(C(=O)[C@H]1CCCN1)[C@H]1CN(C(=Nc2cccc(OC(F)F)c2)NC#N)N=C1c1ccc(Cl)c(Cl)c1. The number of nitriles is 1. The summed E-state index contributed by atoms with van der Waals surface area (Å²) in [6, 6.07) is 10.1. The molecule has 1 saturated heterocycles. The molecule has 38 heavy (non-hydrogen) atoms. The lowest BCUT2D eigenvalue weighted by Crippen LogP contribution is -2.53. The Labute approximate surface area is 228 Å². The van der Waals surface area contributed by atoms with Crippen molar-refractivity contribution in [3.8, 4) is 11.9 Å². The zero-order valence-electron chi connectivity index (χ0n) is 20.4. The molecular weight excluding hydrogens is 539 g/mol. The minimum absolute atomic E-state index is 0.0456. The van der Waals surface area contributed by atoms with Crippen LogP contribution in [0.3, 0.4) is 0 Å². The Kier molecular flexibility index (Phi) is 8.99. The lowest BCUT2D eigenvalue weighted by atomic mass is 10.0. The average molecular weight is 564 g/mol. The summed E-state index contributed by atoms with van der Waals surface area (Å²) in [6.07, 6.45) is 3.49. The number of carbonyl (C=O) groups is 1. The van der Waals surface area contributed by atoms with Gasteiger partial charge in [-0.2, -0.15) is 19.1 Å². The van der Waals surface area contributed by atoms with Gasteiger partial charge in [0.25, 0.3) is 0 Å². The number of guanidine groups is 1. The lowest BCUT2D eigenvalue weighted by molar-refractivity contribution is -0.133. The van der Waals surface area contributed by atoms with Gasteiger partial charge in [0, 0.05) is 18.2 Å². The molecule has 4 rings (SSSR count). The summed E-state index contributed by atoms with van der Waals surface area (Å²) in [7, 11) is 0. The number of aliphatic imine (C=N–C) groups is 1. The normalized spacial score (nSPS) is 19.3. The van der Waals surface area contributed by atoms with E-state index in [1.807, 2.05) is 13.1 Å². The van der Waals surface area contributed by atoms with Crippen LogP contribution in [0.25, 0.3) is 0 Å². The first kappa shape index (κ1) is 27.6. The number of hydrazone groups is 1. The highest BCUT2D eigenvalue weighted by Gasteiger charge is 2.39. The average Bonchev–Trinajstić information content (AvgIpc) is 3.57. The molecule has 13 heteroatoms. The number of nitrogens with zero attached hydrogens (tertiary/aromatic N) is 5. The minimum Gasteiger partial charge on any atom is -0.435 e. The van der Waals surface area contributed by atoms with Gasteiger partial charge in [-0.3, -0.25) is 10.1 Å². The Hall–Kier alpha value is -3.46. The highest BCUT2D eigenvalue weighted by molar-refractivity contribution is 6.42. The van der Waals surface area contributed by atoms with Crippen LogP contribution in [-0.4, -0.2) is 65.8 Å². The van der Waals surface area contributed by atoms with Gasteiger partial charge < -0.3 is 15.0 Å². The van der Waals surface area contributed by atoms with Gasteiger partial charge in [0.1, 0.15) is 5.75 Å². The maximum Gasteiger partial charge on any atom is 0.387 e. The van der Waals surface area contributed by atoms with Crippen LogP contribution in [0.2, 0.25) is 10.0 Å². The summed E-state index contributed by atoms with van der Waals surface area (Å²) in [5.41, 5.74) is 1.45. The predicted octanol–water partition coefficient (Wildman–Crippen LogP) is 4.34. The van der Waals surface area contributed by atoms with Crippen LogP contribution >= 0.6 is 23.2 Å². The van der Waals surface area contributed by atoms with Crippen molar-refractivity contribution < 1.29 is 18.3 Å². The van der Waals surface area contributed by atoms with Crippen molar-refractivity contribution >= 4 is 46.5 Å². The molecule has 2 aromatic rings. The number of carbonyl (C=O) groups excluding carboxylic acids is 1. The van der Waals surface area contributed by atoms with Crippen LogP contribution in [0.5, 0.6) is 5.75 Å². The zero-order chi connectivity index (χ0) is 27.2. The molecule has 0 unspecified atom stereocenters. The molecule has 2 atom stereocenters. The molecule has 0 spiro atoms. The highest BCUT2D eigenvalue weighted by Crippen LogP contribution is 2.28. The summed E-state index contributed by atoms with van der Waals surface area (Å²) < 4.78 is 29.8. The number of rotatable bonds is 7. The van der Waals surface area contributed by atoms with Gasteiger partial charge in [0.2, 0.25) is 11.9 Å². The topological polar surface area (TPSA) is 105 Å². The number of ether oxygens (including phenoxy) is 1. The third kappa shape index (κ3) is 6.32. The fourth-order valence-corrected chi connectivity index (χ4v) is 4.75. The first-order valence-corrected chi connectivity index (χ1v) is 12.7. The maximum absolute atomic E-state index is 13.4. The molecule has 0 bridgehead atoms. The van der Waals surface area contributed by atoms with Crippen LogP contribution < -0.4 is 15.4 Å². The number of likely N-dealkylation sites (N-methyl/N-ethyl adjacent to an activating group) is 1. The largest absolute Gasteiger partial charge is 0.435 e. The van der Waals surface area contributed by atoms with Gasteiger partial charge in [-0.15, -0.1) is 0 Å². The molecule has 0 radical (unpaired) electrons. The van der Waals surface area contributed by atoms with E-state index in [0.717, 1.165) is 19.4 Å². The summed E-state index contributed by atoms with van der Waals surface area (Å²) >= 11 is 12.4. The quantitative estimate of drug-likeness (QED) is 0.225. The third-order valence-corrected chi connectivity index (χ3v) is 6.89. The van der Waals surface area contributed by atoms with Gasteiger partial charge in [-0.05, 0) is 50.6 Å². The van der Waals surface area contributed by atoms with Crippen molar-refractivity contribution in [2.24, 2.45) is 10.1 Å². The number of amides is 1. The lowest BCUT2D eigenvalue weighted by Gasteiger charge is -2.31. The van der Waals surface area contributed by atoms with Gasteiger partial charge in [0.15, 0.2) is 6.19 Å². The molecule has 2 N–H and O–H groups in total. The second-order valence-corrected chi connectivity index (χ2v) is 9.35. The van der Waals surface area contributed by atoms with E-state index in [9.17, 15) is 18.8 Å². The van der Waals surface area contributed by atoms with Gasteiger partial charge >= 0.3 is 6.61 Å². The molecule has 2 heterocycles. The van der Waals surface area contributed by atoms with Gasteiger partial charge in [-0.25, -0.2) is 10.0 Å². The van der Waals surface area contributed by atoms with E-state index < -0.39 is 12.7 Å². The second-order valence-electron chi connectivity index (χ2n) is 8.53. The molecule has 9 nitrogen and oxygen atoms in total. The third-order valence-electron chi connectivity index (χ3n) is 6.15. The van der Waals surface area contributed by atoms with E-state index in [4.69, 9.17) is 28.3 Å². The van der Waals surface area contributed by atoms with E-state index in [1.165, 1.54) is 23.2 Å². The van der Waals surface area contributed by atoms with Crippen molar-refractivity contribution in [2.75, 3.05) is 19.6 Å². The number of alkyl halides is 2. The Bertz CT molecular complexity index is 1280. The smallest absolute Gasteiger partial charge is 0.387 e. The molecule has 0 aromatic heterocycles. The van der Waals surface area contributed by atoms with E-state index >= 15 is 0 Å². The number of benzene rings is 2. The van der Waals surface area contributed by atoms with Crippen LogP contribution in [-0.2, 0) is 4.79 Å². The van der Waals surface area contributed by atoms with Crippen molar-refractivity contribution in [1.29, 1.82) is 5.26 Å². The standard InChI is InChI=1S/C25H25Cl2F2N7O2/c1-2-35(23(37)20-7-4-10-31-20)21-13-36(34-22(21)15-8-9-18(26)19(27)11-15)25(32-14-30)33-16-5-3-6-17(12-16)38-24(28)29/h3,5-6,8-9,11-12,20-21,24,31H,2,4,7,10,13H2,1H3,(H,32,33)/t20-,21+/m1/s1. The molecule has 1 amide bonds. The van der Waals surface area contributed by atoms with Crippen LogP contribution in [0.15, 0.2) is 52.6 Å². The Morgan fingerprint density at radius 1 is 1.34 bits per heavy atom. The van der Waals surface area contributed by atoms with Crippen LogP contribution in [0.1, 0.15) is 25.3 Å². The van der Waals surface area contributed by atoms with Crippen molar-refractivity contribution in [3.63, 3.8) is 0 Å². The number of nitrogens with one attached hydrogen (secondary N) is 2. The van der Waals surface area contributed by atoms with Crippen LogP contribution in [0, 0.1) is 11.5 Å². The summed E-state index contributed by atoms with van der Waals surface area (Å²) in [5.74, 6) is -0.0823. The maximum atomic E-state index is 13.4. The predicted molar refractivity (Wildman–Crippen MR) is 141 cm³/mol. The molecular formula is C25H25Cl2F2N7O2. The molecule has 2 aliphatic heterocycles. The molecule has 1 fully saturated rings. The Balaban J connectivity index is 1.72. The zero-order valence-corrected chi connectivity index (χ0v) is 21.9. The summed E-state index contributed by atoms with van der Waals surface area (Å²) in [5, 5.41) is 22.0. The Morgan fingerprint density at radius 3 is 2.82 bits per heavy atom. The second kappa shape index (κ2) is 12.4.